The highest BCUT2D eigenvalue weighted by Gasteiger charge is 2.64. The second kappa shape index (κ2) is 6.97. The first-order valence-electron chi connectivity index (χ1n) is 10.1. The Hall–Kier alpha value is -3.15. The number of carbonyl (C=O) groups excluding carboxylic acids is 3. The highest BCUT2D eigenvalue weighted by Crippen LogP contribution is 2.60. The van der Waals surface area contributed by atoms with Crippen molar-refractivity contribution in [3.63, 3.8) is 0 Å². The Bertz CT molecular complexity index is 1010. The molecule has 2 bridgehead atoms. The zero-order valence-corrected chi connectivity index (χ0v) is 17.7. The van der Waals surface area contributed by atoms with Gasteiger partial charge in [-0.15, -0.1) is 0 Å². The molecular formula is C24H26N2O4. The van der Waals surface area contributed by atoms with Gasteiger partial charge in [-0.05, 0) is 66.8 Å². The third-order valence-corrected chi connectivity index (χ3v) is 7.16. The van der Waals surface area contributed by atoms with Crippen LogP contribution in [0, 0.1) is 16.7 Å². The lowest BCUT2D eigenvalue weighted by atomic mass is 9.62. The Balaban J connectivity index is 1.54. The first kappa shape index (κ1) is 20.1. The summed E-state index contributed by atoms with van der Waals surface area (Å²) in [6.07, 6.45) is 1.45. The van der Waals surface area contributed by atoms with E-state index in [1.54, 1.807) is 55.6 Å². The van der Waals surface area contributed by atoms with Crippen molar-refractivity contribution < 1.29 is 19.1 Å². The van der Waals surface area contributed by atoms with Gasteiger partial charge in [-0.2, -0.15) is 0 Å². The average molecular weight is 406 g/mol. The molecule has 4 rings (SSSR count). The summed E-state index contributed by atoms with van der Waals surface area (Å²) in [5.41, 5.74) is 0.699. The van der Waals surface area contributed by atoms with Crippen molar-refractivity contribution in [2.45, 2.75) is 33.6 Å². The molecule has 3 amide bonds. The number of piperidine rings is 1. The number of benzene rings is 2. The van der Waals surface area contributed by atoms with Gasteiger partial charge in [-0.1, -0.05) is 20.8 Å². The third-order valence-electron chi connectivity index (χ3n) is 7.16. The van der Waals surface area contributed by atoms with Gasteiger partial charge >= 0.3 is 0 Å². The van der Waals surface area contributed by atoms with E-state index in [4.69, 9.17) is 4.74 Å². The maximum atomic E-state index is 13.3. The van der Waals surface area contributed by atoms with Gasteiger partial charge in [-0.25, -0.2) is 4.90 Å². The number of ether oxygens (including phenoxy) is 1. The lowest BCUT2D eigenvalue weighted by Crippen LogP contribution is -2.59. The number of carbonyl (C=O) groups is 3. The molecule has 0 unspecified atom stereocenters. The molecule has 2 aliphatic rings. The van der Waals surface area contributed by atoms with E-state index < -0.39 is 5.41 Å². The minimum Gasteiger partial charge on any atom is -0.497 e. The molecule has 1 aliphatic carbocycles. The number of fused-ring (bicyclic) bond motifs is 2. The molecule has 1 N–H and O–H groups in total. The van der Waals surface area contributed by atoms with Crippen LogP contribution in [-0.2, 0) is 9.59 Å². The highest BCUT2D eigenvalue weighted by molar-refractivity contribution is 6.20. The van der Waals surface area contributed by atoms with E-state index in [2.05, 4.69) is 5.32 Å². The van der Waals surface area contributed by atoms with Gasteiger partial charge in [0.05, 0.1) is 18.2 Å². The molecule has 0 spiro atoms. The third kappa shape index (κ3) is 2.90. The zero-order valence-electron chi connectivity index (χ0n) is 17.7. The molecule has 6 heteroatoms. The molecule has 1 saturated carbocycles. The molecule has 2 aromatic rings. The first-order valence-corrected chi connectivity index (χ1v) is 10.1. The smallest absolute Gasteiger partial charge is 0.255 e. The number of nitrogens with zero attached hydrogens (tertiary/aromatic N) is 1. The fraction of sp³-hybridized carbons (Fsp3) is 0.375. The maximum absolute atomic E-state index is 13.3. The Morgan fingerprint density at radius 1 is 1.03 bits per heavy atom. The Labute approximate surface area is 176 Å². The number of rotatable bonds is 4. The van der Waals surface area contributed by atoms with Crippen molar-refractivity contribution >= 4 is 29.1 Å². The van der Waals surface area contributed by atoms with Crippen LogP contribution in [0.25, 0.3) is 0 Å². The number of hydrogen-bond acceptors (Lipinski definition) is 4. The van der Waals surface area contributed by atoms with Crippen LogP contribution in [-0.4, -0.2) is 24.8 Å². The molecule has 2 aromatic carbocycles. The molecular weight excluding hydrogens is 380 g/mol. The summed E-state index contributed by atoms with van der Waals surface area (Å²) in [5, 5.41) is 2.83. The molecule has 6 nitrogen and oxygen atoms in total. The lowest BCUT2D eigenvalue weighted by molar-refractivity contribution is -0.146. The van der Waals surface area contributed by atoms with E-state index in [-0.39, 0.29) is 29.1 Å². The van der Waals surface area contributed by atoms with Crippen LogP contribution in [0.1, 0.15) is 44.0 Å². The quantitative estimate of drug-likeness (QED) is 0.770. The van der Waals surface area contributed by atoms with Crippen LogP contribution >= 0.6 is 0 Å². The molecule has 156 valence electrons. The second-order valence-electron chi connectivity index (χ2n) is 8.85. The number of methoxy groups -OCH3 is 1. The summed E-state index contributed by atoms with van der Waals surface area (Å²) in [7, 11) is 1.58. The van der Waals surface area contributed by atoms with Crippen molar-refractivity contribution in [1.29, 1.82) is 0 Å². The predicted octanol–water partition coefficient (Wildman–Crippen LogP) is 4.26. The first-order chi connectivity index (χ1) is 14.2. The zero-order chi connectivity index (χ0) is 21.7. The molecule has 0 aromatic heterocycles. The number of hydrogen-bond donors (Lipinski definition) is 1. The molecule has 2 fully saturated rings. The van der Waals surface area contributed by atoms with Crippen molar-refractivity contribution in [1.82, 2.24) is 0 Å². The van der Waals surface area contributed by atoms with Gasteiger partial charge in [0.15, 0.2) is 0 Å². The normalized spacial score (nSPS) is 24.7. The summed E-state index contributed by atoms with van der Waals surface area (Å²) < 4.78 is 5.11. The second-order valence-corrected chi connectivity index (χ2v) is 8.85. The monoisotopic (exact) mass is 406 g/mol. The minimum atomic E-state index is -0.560. The van der Waals surface area contributed by atoms with E-state index in [0.29, 0.717) is 29.1 Å². The Kier molecular flexibility index (Phi) is 4.68. The van der Waals surface area contributed by atoms with Gasteiger partial charge < -0.3 is 10.1 Å². The molecule has 2 atom stereocenters. The topological polar surface area (TPSA) is 75.7 Å². The van der Waals surface area contributed by atoms with E-state index in [0.717, 1.165) is 6.42 Å². The number of nitrogens with one attached hydrogen (secondary N) is 1. The number of imide groups is 1. The summed E-state index contributed by atoms with van der Waals surface area (Å²) in [5.74, 6) is -0.0226. The van der Waals surface area contributed by atoms with Crippen molar-refractivity contribution in [2.75, 3.05) is 17.3 Å². The van der Waals surface area contributed by atoms with Gasteiger partial charge in [0, 0.05) is 17.2 Å². The standard InChI is InChI=1S/C24H26N2O4/c1-23(2)19-13-14-24(23,3)22(29)26(21(19)28)17-9-5-15(6-10-17)20(27)25-16-7-11-18(30-4)12-8-16/h5-12,19H,13-14H2,1-4H3,(H,25,27)/t19-,24+/m1/s1. The van der Waals surface area contributed by atoms with E-state index in [1.807, 2.05) is 20.8 Å². The summed E-state index contributed by atoms with van der Waals surface area (Å²) in [6, 6.07) is 13.7. The average Bonchev–Trinajstić information content (AvgIpc) is 2.92. The number of anilines is 2. The highest BCUT2D eigenvalue weighted by atomic mass is 16.5. The van der Waals surface area contributed by atoms with Crippen LogP contribution in [0.4, 0.5) is 11.4 Å². The van der Waals surface area contributed by atoms with E-state index in [1.165, 1.54) is 4.90 Å². The molecule has 1 saturated heterocycles. The fourth-order valence-electron chi connectivity index (χ4n) is 4.70. The molecule has 30 heavy (non-hydrogen) atoms. The van der Waals surface area contributed by atoms with Gasteiger partial charge in [0.2, 0.25) is 11.8 Å². The van der Waals surface area contributed by atoms with Crippen LogP contribution in [0.5, 0.6) is 5.75 Å². The summed E-state index contributed by atoms with van der Waals surface area (Å²) >= 11 is 0. The molecule has 1 heterocycles. The van der Waals surface area contributed by atoms with Crippen molar-refractivity contribution in [3.05, 3.63) is 54.1 Å². The van der Waals surface area contributed by atoms with E-state index >= 15 is 0 Å². The minimum absolute atomic E-state index is 0.143. The SMILES string of the molecule is COc1ccc(NC(=O)c2ccc(N3C(=O)[C@H]4CC[C@@](C)(C3=O)C4(C)C)cc2)cc1. The Morgan fingerprint density at radius 3 is 2.27 bits per heavy atom. The Morgan fingerprint density at radius 2 is 1.67 bits per heavy atom. The predicted molar refractivity (Wildman–Crippen MR) is 114 cm³/mol. The molecule has 1 aliphatic heterocycles. The van der Waals surface area contributed by atoms with Gasteiger partial charge in [0.1, 0.15) is 5.75 Å². The van der Waals surface area contributed by atoms with E-state index in [9.17, 15) is 14.4 Å². The summed E-state index contributed by atoms with van der Waals surface area (Å²) in [6.45, 7) is 6.00. The number of amides is 3. The fourth-order valence-corrected chi connectivity index (χ4v) is 4.70. The van der Waals surface area contributed by atoms with Crippen LogP contribution in [0.15, 0.2) is 48.5 Å². The van der Waals surface area contributed by atoms with Crippen LogP contribution < -0.4 is 15.0 Å². The largest absolute Gasteiger partial charge is 0.497 e. The van der Waals surface area contributed by atoms with Crippen molar-refractivity contribution in [3.8, 4) is 5.75 Å². The molecule has 0 radical (unpaired) electrons. The van der Waals surface area contributed by atoms with Crippen LogP contribution in [0.2, 0.25) is 0 Å². The van der Waals surface area contributed by atoms with Crippen LogP contribution in [0.3, 0.4) is 0 Å². The maximum Gasteiger partial charge on any atom is 0.255 e. The van der Waals surface area contributed by atoms with Gasteiger partial charge in [-0.3, -0.25) is 14.4 Å². The van der Waals surface area contributed by atoms with Gasteiger partial charge in [0.25, 0.3) is 5.91 Å². The van der Waals surface area contributed by atoms with Crippen molar-refractivity contribution in [2.24, 2.45) is 16.7 Å². The lowest BCUT2D eigenvalue weighted by Gasteiger charge is -2.47. The summed E-state index contributed by atoms with van der Waals surface area (Å²) in [4.78, 5) is 40.2.